The molecule has 32 heavy (non-hydrogen) atoms. The molecule has 7 nitrogen and oxygen atoms in total. The van der Waals surface area contributed by atoms with E-state index in [2.05, 4.69) is 26.0 Å². The zero-order valence-corrected chi connectivity index (χ0v) is 18.3. The van der Waals surface area contributed by atoms with Gasteiger partial charge in [-0.3, -0.25) is 4.79 Å². The van der Waals surface area contributed by atoms with Gasteiger partial charge in [0.2, 0.25) is 0 Å². The predicted octanol–water partition coefficient (Wildman–Crippen LogP) is 4.57. The topological polar surface area (TPSA) is 97.7 Å². The molecule has 2 aromatic carbocycles. The van der Waals surface area contributed by atoms with E-state index in [0.29, 0.717) is 10.0 Å². The second kappa shape index (κ2) is 10.7. The van der Waals surface area contributed by atoms with Crippen molar-refractivity contribution in [2.75, 3.05) is 26.1 Å². The van der Waals surface area contributed by atoms with Crippen LogP contribution in [-0.4, -0.2) is 32.7 Å². The third kappa shape index (κ3) is 6.49. The molecule has 0 aromatic heterocycles. The summed E-state index contributed by atoms with van der Waals surface area (Å²) < 4.78 is 54.0. The number of methoxy groups -OCH3 is 2. The highest BCUT2D eigenvalue weighted by atomic mass is 79.9. The SMILES string of the molecule is COC(=O)COc1c(Br)cc(/C=C(/C#N)C(=O)Nc2cccc(C(F)(F)F)c2)cc1OC. The zero-order valence-electron chi connectivity index (χ0n) is 16.7. The summed E-state index contributed by atoms with van der Waals surface area (Å²) in [5.74, 6) is -1.11. The number of alkyl halides is 3. The molecule has 0 aliphatic carbocycles. The number of nitriles is 1. The number of hydrogen-bond donors (Lipinski definition) is 1. The van der Waals surface area contributed by atoms with Gasteiger partial charge >= 0.3 is 12.1 Å². The first-order valence-electron chi connectivity index (χ1n) is 8.76. The van der Waals surface area contributed by atoms with Gasteiger partial charge in [-0.05, 0) is 57.9 Å². The third-order valence-electron chi connectivity index (χ3n) is 3.94. The Hall–Kier alpha value is -3.52. The predicted molar refractivity (Wildman–Crippen MR) is 112 cm³/mol. The van der Waals surface area contributed by atoms with E-state index in [1.165, 1.54) is 38.5 Å². The summed E-state index contributed by atoms with van der Waals surface area (Å²) >= 11 is 3.26. The fourth-order valence-electron chi connectivity index (χ4n) is 2.44. The lowest BCUT2D eigenvalue weighted by Crippen LogP contribution is -2.14. The van der Waals surface area contributed by atoms with Crippen LogP contribution in [0.5, 0.6) is 11.5 Å². The molecule has 2 rings (SSSR count). The number of amides is 1. The molecular weight excluding hydrogens is 497 g/mol. The maximum atomic E-state index is 12.9. The third-order valence-corrected chi connectivity index (χ3v) is 4.53. The zero-order chi connectivity index (χ0) is 23.9. The number of carbonyl (C=O) groups excluding carboxylic acids is 2. The summed E-state index contributed by atoms with van der Waals surface area (Å²) in [6.45, 7) is -0.372. The molecule has 0 fully saturated rings. The van der Waals surface area contributed by atoms with E-state index >= 15 is 0 Å². The Morgan fingerprint density at radius 1 is 1.22 bits per heavy atom. The summed E-state index contributed by atoms with van der Waals surface area (Å²) in [6.07, 6.45) is -3.35. The van der Waals surface area contributed by atoms with Crippen molar-refractivity contribution in [2.45, 2.75) is 6.18 Å². The van der Waals surface area contributed by atoms with Crippen LogP contribution < -0.4 is 14.8 Å². The van der Waals surface area contributed by atoms with Crippen LogP contribution in [-0.2, 0) is 20.5 Å². The smallest absolute Gasteiger partial charge is 0.416 e. The molecule has 11 heteroatoms. The molecule has 0 unspecified atom stereocenters. The lowest BCUT2D eigenvalue weighted by atomic mass is 10.1. The van der Waals surface area contributed by atoms with E-state index in [4.69, 9.17) is 9.47 Å². The summed E-state index contributed by atoms with van der Waals surface area (Å²) in [5.41, 5.74) is -1.06. The van der Waals surface area contributed by atoms with E-state index in [1.807, 2.05) is 0 Å². The van der Waals surface area contributed by atoms with Gasteiger partial charge < -0.3 is 19.5 Å². The van der Waals surface area contributed by atoms with E-state index in [0.717, 1.165) is 18.2 Å². The molecular formula is C21H16BrF3N2O5. The van der Waals surface area contributed by atoms with E-state index < -0.39 is 23.6 Å². The number of anilines is 1. The Morgan fingerprint density at radius 3 is 2.53 bits per heavy atom. The highest BCUT2D eigenvalue weighted by Gasteiger charge is 2.30. The number of nitrogens with one attached hydrogen (secondary N) is 1. The van der Waals surface area contributed by atoms with E-state index in [1.54, 1.807) is 6.07 Å². The Balaban J connectivity index is 2.29. The van der Waals surface area contributed by atoms with Crippen molar-refractivity contribution < 1.29 is 37.0 Å². The van der Waals surface area contributed by atoms with Crippen LogP contribution in [0.1, 0.15) is 11.1 Å². The first kappa shape index (κ1) is 24.7. The molecule has 0 radical (unpaired) electrons. The normalized spacial score (nSPS) is 11.3. The van der Waals surface area contributed by atoms with Crippen LogP contribution in [0.15, 0.2) is 46.4 Å². The average molecular weight is 513 g/mol. The van der Waals surface area contributed by atoms with Crippen molar-refractivity contribution in [3.8, 4) is 17.6 Å². The first-order chi connectivity index (χ1) is 15.1. The number of halogens is 4. The molecule has 0 saturated heterocycles. The van der Waals surface area contributed by atoms with Crippen LogP contribution in [0.2, 0.25) is 0 Å². The lowest BCUT2D eigenvalue weighted by molar-refractivity contribution is -0.143. The maximum absolute atomic E-state index is 12.9. The van der Waals surface area contributed by atoms with E-state index in [-0.39, 0.29) is 29.4 Å². The molecule has 168 valence electrons. The van der Waals surface area contributed by atoms with Crippen LogP contribution in [0.25, 0.3) is 6.08 Å². The Morgan fingerprint density at radius 2 is 1.94 bits per heavy atom. The molecule has 0 atom stereocenters. The number of carbonyl (C=O) groups is 2. The van der Waals surface area contributed by atoms with Gasteiger partial charge in [0.25, 0.3) is 5.91 Å². The van der Waals surface area contributed by atoms with Crippen molar-refractivity contribution in [2.24, 2.45) is 0 Å². The Bertz CT molecular complexity index is 1090. The van der Waals surface area contributed by atoms with Crippen LogP contribution in [0, 0.1) is 11.3 Å². The van der Waals surface area contributed by atoms with Gasteiger partial charge in [-0.1, -0.05) is 6.07 Å². The largest absolute Gasteiger partial charge is 0.493 e. The first-order valence-corrected chi connectivity index (χ1v) is 9.56. The Labute approximate surface area is 189 Å². The highest BCUT2D eigenvalue weighted by Crippen LogP contribution is 2.37. The van der Waals surface area contributed by atoms with Crippen LogP contribution in [0.4, 0.5) is 18.9 Å². The fourth-order valence-corrected chi connectivity index (χ4v) is 3.01. The monoisotopic (exact) mass is 512 g/mol. The summed E-state index contributed by atoms with van der Waals surface area (Å²) in [5, 5.41) is 11.6. The van der Waals surface area contributed by atoms with Crippen molar-refractivity contribution in [1.82, 2.24) is 0 Å². The second-order valence-corrected chi connectivity index (χ2v) is 6.96. The molecule has 0 heterocycles. The molecule has 0 bridgehead atoms. The highest BCUT2D eigenvalue weighted by molar-refractivity contribution is 9.10. The van der Waals surface area contributed by atoms with Gasteiger partial charge in [0, 0.05) is 5.69 Å². The number of rotatable bonds is 7. The standard InChI is InChI=1S/C21H16BrF3N2O5/c1-30-17-8-12(7-16(22)19(17)32-11-18(28)31-2)6-13(10-26)20(29)27-15-5-3-4-14(9-15)21(23,24)25/h3-9H,11H2,1-2H3,(H,27,29)/b13-6-. The minimum atomic E-state index is -4.57. The average Bonchev–Trinajstić information content (AvgIpc) is 2.75. The number of hydrogen-bond acceptors (Lipinski definition) is 6. The molecule has 2 aromatic rings. The summed E-state index contributed by atoms with van der Waals surface area (Å²) in [4.78, 5) is 23.7. The molecule has 0 aliphatic heterocycles. The maximum Gasteiger partial charge on any atom is 0.416 e. The minimum absolute atomic E-state index is 0.115. The van der Waals surface area contributed by atoms with Gasteiger partial charge in [0.05, 0.1) is 24.3 Å². The van der Waals surface area contributed by atoms with Gasteiger partial charge in [0.15, 0.2) is 18.1 Å². The lowest BCUT2D eigenvalue weighted by Gasteiger charge is -2.13. The molecule has 1 N–H and O–H groups in total. The number of benzene rings is 2. The van der Waals surface area contributed by atoms with Crippen molar-refractivity contribution in [1.29, 1.82) is 5.26 Å². The van der Waals surface area contributed by atoms with Gasteiger partial charge in [0.1, 0.15) is 11.6 Å². The minimum Gasteiger partial charge on any atom is -0.493 e. The molecule has 0 saturated carbocycles. The van der Waals surface area contributed by atoms with Crippen molar-refractivity contribution in [3.05, 3.63) is 57.6 Å². The van der Waals surface area contributed by atoms with Crippen molar-refractivity contribution in [3.63, 3.8) is 0 Å². The quantitative estimate of drug-likeness (QED) is 0.331. The summed E-state index contributed by atoms with van der Waals surface area (Å²) in [6, 6.07) is 8.71. The van der Waals surface area contributed by atoms with Gasteiger partial charge in [-0.25, -0.2) is 4.79 Å². The van der Waals surface area contributed by atoms with Crippen LogP contribution in [0.3, 0.4) is 0 Å². The molecule has 0 aliphatic rings. The molecule has 0 spiro atoms. The number of ether oxygens (including phenoxy) is 3. The van der Waals surface area contributed by atoms with Crippen molar-refractivity contribution >= 4 is 39.6 Å². The Kier molecular flexibility index (Phi) is 8.26. The van der Waals surface area contributed by atoms with Gasteiger partial charge in [-0.2, -0.15) is 18.4 Å². The van der Waals surface area contributed by atoms with E-state index in [9.17, 15) is 28.0 Å². The number of nitrogens with zero attached hydrogens (tertiary/aromatic N) is 1. The summed E-state index contributed by atoms with van der Waals surface area (Å²) in [7, 11) is 2.56. The molecule has 1 amide bonds. The number of esters is 1. The van der Waals surface area contributed by atoms with Gasteiger partial charge in [-0.15, -0.1) is 0 Å². The van der Waals surface area contributed by atoms with Crippen LogP contribution >= 0.6 is 15.9 Å². The fraction of sp³-hybridized carbons (Fsp3) is 0.190. The second-order valence-electron chi connectivity index (χ2n) is 6.10.